The van der Waals surface area contributed by atoms with E-state index in [4.69, 9.17) is 4.98 Å². The lowest BCUT2D eigenvalue weighted by atomic mass is 10.0. The maximum absolute atomic E-state index is 12.3. The Morgan fingerprint density at radius 1 is 1.33 bits per heavy atom. The highest BCUT2D eigenvalue weighted by molar-refractivity contribution is 5.93. The molecule has 2 heterocycles. The van der Waals surface area contributed by atoms with Gasteiger partial charge >= 0.3 is 6.03 Å². The summed E-state index contributed by atoms with van der Waals surface area (Å²) in [7, 11) is 0. The Labute approximate surface area is 123 Å². The number of nitrogens with zero attached hydrogens (tertiary/aromatic N) is 3. The zero-order valence-corrected chi connectivity index (χ0v) is 12.1. The fraction of sp³-hybridized carbons (Fsp3) is 0.438. The van der Waals surface area contributed by atoms with E-state index in [2.05, 4.69) is 17.2 Å². The van der Waals surface area contributed by atoms with Crippen LogP contribution in [-0.2, 0) is 19.3 Å². The molecule has 108 valence electrons. The fourth-order valence-corrected chi connectivity index (χ4v) is 3.50. The van der Waals surface area contributed by atoms with Crippen LogP contribution >= 0.6 is 0 Å². The van der Waals surface area contributed by atoms with Crippen molar-refractivity contribution in [2.75, 3.05) is 5.32 Å². The molecule has 4 rings (SSSR count). The van der Waals surface area contributed by atoms with Crippen molar-refractivity contribution in [2.45, 2.75) is 44.9 Å². The first-order valence-electron chi connectivity index (χ1n) is 7.58. The smallest absolute Gasteiger partial charge is 0.307 e. The van der Waals surface area contributed by atoms with E-state index in [0.717, 1.165) is 37.8 Å². The molecule has 2 aliphatic carbocycles. The summed E-state index contributed by atoms with van der Waals surface area (Å²) < 4.78 is 1.48. The van der Waals surface area contributed by atoms with E-state index in [-0.39, 0.29) is 6.03 Å². The Morgan fingerprint density at radius 2 is 2.24 bits per heavy atom. The first-order chi connectivity index (χ1) is 10.2. The predicted molar refractivity (Wildman–Crippen MR) is 79.6 cm³/mol. The molecule has 5 nitrogen and oxygen atoms in total. The first kappa shape index (κ1) is 12.6. The lowest BCUT2D eigenvalue weighted by molar-refractivity contribution is 0.253. The Bertz CT molecular complexity index is 706. The number of carbonyl (C=O) groups excluding carboxylic acids is 1. The molecule has 0 fully saturated rings. The minimum atomic E-state index is -0.144. The molecule has 0 saturated heterocycles. The zero-order chi connectivity index (χ0) is 14.4. The number of aromatic nitrogens is 3. The lowest BCUT2D eigenvalue weighted by Gasteiger charge is -2.16. The summed E-state index contributed by atoms with van der Waals surface area (Å²) in [5.41, 5.74) is 5.89. The number of pyridine rings is 1. The van der Waals surface area contributed by atoms with Crippen molar-refractivity contribution in [2.24, 2.45) is 0 Å². The molecule has 21 heavy (non-hydrogen) atoms. The van der Waals surface area contributed by atoms with Gasteiger partial charge in [-0.3, -0.25) is 9.55 Å². The van der Waals surface area contributed by atoms with Crippen LogP contribution in [0.1, 0.15) is 48.2 Å². The number of amides is 1. The molecular formula is C16H18N4O. The predicted octanol–water partition coefficient (Wildman–Crippen LogP) is 2.90. The van der Waals surface area contributed by atoms with Crippen molar-refractivity contribution in [1.82, 2.24) is 14.5 Å². The van der Waals surface area contributed by atoms with Gasteiger partial charge in [0.2, 0.25) is 0 Å². The number of hydrogen-bond acceptors (Lipinski definition) is 3. The Hall–Kier alpha value is -2.17. The van der Waals surface area contributed by atoms with Crippen molar-refractivity contribution >= 4 is 11.7 Å². The van der Waals surface area contributed by atoms with Crippen molar-refractivity contribution in [1.29, 1.82) is 0 Å². The van der Waals surface area contributed by atoms with Gasteiger partial charge in [0.1, 0.15) is 6.33 Å². The molecule has 1 N–H and O–H groups in total. The number of rotatable bonds is 1. The Balaban J connectivity index is 1.78. The monoisotopic (exact) mass is 282 g/mol. The second-order valence-electron chi connectivity index (χ2n) is 5.97. The van der Waals surface area contributed by atoms with Crippen LogP contribution in [0.4, 0.5) is 10.5 Å². The molecule has 0 saturated carbocycles. The summed E-state index contributed by atoms with van der Waals surface area (Å²) in [5.74, 6) is 0.495. The van der Waals surface area contributed by atoms with E-state index in [1.807, 2.05) is 0 Å². The second-order valence-corrected chi connectivity index (χ2v) is 5.97. The SMILES string of the molecule is CC1CCc2c1nc1c(c2NC(=O)n2ccnc2)CCC1. The molecule has 0 aliphatic heterocycles. The molecule has 2 aromatic rings. The van der Waals surface area contributed by atoms with E-state index in [1.54, 1.807) is 12.4 Å². The van der Waals surface area contributed by atoms with Gasteiger partial charge in [0.25, 0.3) is 0 Å². The topological polar surface area (TPSA) is 59.8 Å². The van der Waals surface area contributed by atoms with Crippen LogP contribution < -0.4 is 5.32 Å². The fourth-order valence-electron chi connectivity index (χ4n) is 3.50. The number of nitrogens with one attached hydrogen (secondary N) is 1. The van der Waals surface area contributed by atoms with Gasteiger partial charge in [0, 0.05) is 23.8 Å². The molecule has 0 spiro atoms. The molecule has 1 atom stereocenters. The summed E-state index contributed by atoms with van der Waals surface area (Å²) in [4.78, 5) is 21.2. The molecule has 0 aromatic carbocycles. The van der Waals surface area contributed by atoms with E-state index < -0.39 is 0 Å². The molecule has 1 amide bonds. The third kappa shape index (κ3) is 1.95. The lowest BCUT2D eigenvalue weighted by Crippen LogP contribution is -2.20. The maximum atomic E-state index is 12.3. The minimum absolute atomic E-state index is 0.144. The van der Waals surface area contributed by atoms with Crippen LogP contribution in [-0.4, -0.2) is 20.6 Å². The van der Waals surface area contributed by atoms with Crippen LogP contribution in [0.2, 0.25) is 0 Å². The number of aryl methyl sites for hydroxylation is 1. The molecule has 0 radical (unpaired) electrons. The standard InChI is InChI=1S/C16H18N4O/c1-10-5-6-12-14(10)18-13-4-2-3-11(13)15(12)19-16(21)20-8-7-17-9-20/h7-10H,2-6H2,1H3,(H,18,19,21). The number of imidazole rings is 1. The Kier molecular flexibility index (Phi) is 2.80. The first-order valence-corrected chi connectivity index (χ1v) is 7.58. The highest BCUT2D eigenvalue weighted by Gasteiger charge is 2.29. The maximum Gasteiger partial charge on any atom is 0.331 e. The molecule has 1 unspecified atom stereocenters. The highest BCUT2D eigenvalue weighted by Crippen LogP contribution is 2.41. The summed E-state index contributed by atoms with van der Waals surface area (Å²) >= 11 is 0. The average molecular weight is 282 g/mol. The van der Waals surface area contributed by atoms with Gasteiger partial charge in [-0.1, -0.05) is 6.92 Å². The van der Waals surface area contributed by atoms with Crippen molar-refractivity contribution in [3.63, 3.8) is 0 Å². The van der Waals surface area contributed by atoms with Crippen molar-refractivity contribution < 1.29 is 4.79 Å². The van der Waals surface area contributed by atoms with E-state index >= 15 is 0 Å². The average Bonchev–Trinajstić information content (AvgIpc) is 3.19. The van der Waals surface area contributed by atoms with Gasteiger partial charge in [0.05, 0.1) is 5.69 Å². The zero-order valence-electron chi connectivity index (χ0n) is 12.1. The number of hydrogen-bond donors (Lipinski definition) is 1. The highest BCUT2D eigenvalue weighted by atomic mass is 16.2. The van der Waals surface area contributed by atoms with E-state index in [0.29, 0.717) is 5.92 Å². The quantitative estimate of drug-likeness (QED) is 0.875. The molecular weight excluding hydrogens is 264 g/mol. The van der Waals surface area contributed by atoms with Gasteiger partial charge in [-0.2, -0.15) is 0 Å². The van der Waals surface area contributed by atoms with E-state index in [9.17, 15) is 4.79 Å². The molecule has 5 heteroatoms. The number of carbonyl (C=O) groups is 1. The van der Waals surface area contributed by atoms with Crippen LogP contribution in [0.15, 0.2) is 18.7 Å². The summed E-state index contributed by atoms with van der Waals surface area (Å²) in [6, 6.07) is -0.144. The number of anilines is 1. The van der Waals surface area contributed by atoms with Crippen LogP contribution in [0.3, 0.4) is 0 Å². The summed E-state index contributed by atoms with van der Waals surface area (Å²) in [6.45, 7) is 2.22. The van der Waals surface area contributed by atoms with Crippen LogP contribution in [0.5, 0.6) is 0 Å². The second kappa shape index (κ2) is 4.69. The third-order valence-corrected chi connectivity index (χ3v) is 4.62. The third-order valence-electron chi connectivity index (χ3n) is 4.62. The van der Waals surface area contributed by atoms with E-state index in [1.165, 1.54) is 33.4 Å². The van der Waals surface area contributed by atoms with Gasteiger partial charge in [-0.25, -0.2) is 9.78 Å². The van der Waals surface area contributed by atoms with Gasteiger partial charge in [0.15, 0.2) is 0 Å². The number of fused-ring (bicyclic) bond motifs is 2. The van der Waals surface area contributed by atoms with Crippen LogP contribution in [0.25, 0.3) is 0 Å². The van der Waals surface area contributed by atoms with Crippen LogP contribution in [0, 0.1) is 0 Å². The normalized spacial score (nSPS) is 19.4. The summed E-state index contributed by atoms with van der Waals surface area (Å²) in [6.07, 6.45) is 10.1. The van der Waals surface area contributed by atoms with Gasteiger partial charge in [-0.05, 0) is 49.1 Å². The van der Waals surface area contributed by atoms with Gasteiger partial charge < -0.3 is 5.32 Å². The molecule has 2 aromatic heterocycles. The largest absolute Gasteiger partial charge is 0.331 e. The Morgan fingerprint density at radius 3 is 3.05 bits per heavy atom. The molecule has 2 aliphatic rings. The van der Waals surface area contributed by atoms with Crippen molar-refractivity contribution in [3.8, 4) is 0 Å². The van der Waals surface area contributed by atoms with Crippen molar-refractivity contribution in [3.05, 3.63) is 41.2 Å². The van der Waals surface area contributed by atoms with Gasteiger partial charge in [-0.15, -0.1) is 0 Å². The summed E-state index contributed by atoms with van der Waals surface area (Å²) in [5, 5.41) is 3.11. The minimum Gasteiger partial charge on any atom is -0.307 e. The molecule has 0 bridgehead atoms.